The van der Waals surface area contributed by atoms with Crippen molar-refractivity contribution < 1.29 is 9.47 Å². The first-order chi connectivity index (χ1) is 12.8. The van der Waals surface area contributed by atoms with E-state index in [9.17, 15) is 5.26 Å². The molecule has 0 aliphatic carbocycles. The van der Waals surface area contributed by atoms with Gasteiger partial charge in [0.2, 0.25) is 5.82 Å². The van der Waals surface area contributed by atoms with Crippen LogP contribution >= 0.6 is 0 Å². The first kappa shape index (κ1) is 17.0. The smallest absolute Gasteiger partial charge is 0.216 e. The third kappa shape index (κ3) is 3.47. The van der Waals surface area contributed by atoms with Gasteiger partial charge < -0.3 is 14.8 Å². The van der Waals surface area contributed by atoms with Crippen LogP contribution in [0.2, 0.25) is 0 Å². The highest BCUT2D eigenvalue weighted by molar-refractivity contribution is 5.82. The number of hydrogen-bond donors (Lipinski definition) is 2. The normalized spacial score (nSPS) is 10.9. The van der Waals surface area contributed by atoms with Crippen LogP contribution in [0.1, 0.15) is 5.82 Å². The summed E-state index contributed by atoms with van der Waals surface area (Å²) in [6.45, 7) is 0. The number of nitrogens with zero attached hydrogens (tertiary/aromatic N) is 4. The van der Waals surface area contributed by atoms with Crippen LogP contribution in [0.3, 0.4) is 0 Å². The molecule has 0 bridgehead atoms. The van der Waals surface area contributed by atoms with E-state index >= 15 is 0 Å². The molecule has 3 rings (SSSR count). The van der Waals surface area contributed by atoms with Crippen molar-refractivity contribution >= 4 is 11.3 Å². The summed E-state index contributed by atoms with van der Waals surface area (Å²) in [7, 11) is 3.19. The number of aromatic amines is 1. The van der Waals surface area contributed by atoms with Crippen molar-refractivity contribution in [3.05, 3.63) is 54.5 Å². The average Bonchev–Trinajstić information content (AvgIpc) is 3.23. The summed E-state index contributed by atoms with van der Waals surface area (Å²) in [4.78, 5) is 0. The molecule has 130 valence electrons. The Hall–Kier alpha value is -3.86. The van der Waals surface area contributed by atoms with Gasteiger partial charge in [0.15, 0.2) is 11.5 Å². The minimum Gasteiger partial charge on any atom is -0.493 e. The van der Waals surface area contributed by atoms with E-state index < -0.39 is 0 Å². The molecule has 0 fully saturated rings. The fourth-order valence-electron chi connectivity index (χ4n) is 2.44. The van der Waals surface area contributed by atoms with Crippen LogP contribution < -0.4 is 14.8 Å². The van der Waals surface area contributed by atoms with Crippen LogP contribution in [0.4, 0.5) is 5.69 Å². The minimum absolute atomic E-state index is 0.226. The van der Waals surface area contributed by atoms with Crippen LogP contribution in [-0.4, -0.2) is 34.8 Å². The third-order valence-electron chi connectivity index (χ3n) is 3.70. The second-order valence-electron chi connectivity index (χ2n) is 5.16. The van der Waals surface area contributed by atoms with Crippen LogP contribution in [-0.2, 0) is 0 Å². The number of benzene rings is 2. The lowest BCUT2D eigenvalue weighted by Crippen LogP contribution is -1.96. The number of ether oxygens (including phenoxy) is 2. The SMILES string of the molecule is COc1ccc(-c2ccccc2NC=C(C#N)c2nn[nH]n2)cc1OC. The number of tetrazole rings is 1. The highest BCUT2D eigenvalue weighted by Gasteiger charge is 2.10. The fourth-order valence-corrected chi connectivity index (χ4v) is 2.44. The molecule has 1 heterocycles. The summed E-state index contributed by atoms with van der Waals surface area (Å²) in [5.41, 5.74) is 2.96. The van der Waals surface area contributed by atoms with Gasteiger partial charge in [0, 0.05) is 17.5 Å². The van der Waals surface area contributed by atoms with Crippen LogP contribution in [0.5, 0.6) is 11.5 Å². The molecule has 0 radical (unpaired) electrons. The molecule has 0 aliphatic heterocycles. The number of hydrogen-bond acceptors (Lipinski definition) is 7. The highest BCUT2D eigenvalue weighted by Crippen LogP contribution is 2.35. The van der Waals surface area contributed by atoms with Crippen molar-refractivity contribution in [2.75, 3.05) is 19.5 Å². The summed E-state index contributed by atoms with van der Waals surface area (Å²) in [5.74, 6) is 1.52. The largest absolute Gasteiger partial charge is 0.493 e. The standard InChI is InChI=1S/C18H16N6O2/c1-25-16-8-7-12(9-17(16)26-2)14-5-3-4-6-15(14)20-11-13(10-19)18-21-23-24-22-18/h3-9,11,20H,1-2H3,(H,21,22,23,24). The molecule has 0 spiro atoms. The first-order valence-corrected chi connectivity index (χ1v) is 7.69. The Morgan fingerprint density at radius 1 is 1.15 bits per heavy atom. The maximum atomic E-state index is 9.28. The van der Waals surface area contributed by atoms with E-state index in [2.05, 4.69) is 25.9 Å². The van der Waals surface area contributed by atoms with Gasteiger partial charge in [-0.2, -0.15) is 10.5 Å². The summed E-state index contributed by atoms with van der Waals surface area (Å²) in [6, 6.07) is 15.4. The van der Waals surface area contributed by atoms with E-state index in [1.54, 1.807) is 20.4 Å². The van der Waals surface area contributed by atoms with Gasteiger partial charge >= 0.3 is 0 Å². The molecule has 0 unspecified atom stereocenters. The Kier molecular flexibility index (Phi) is 5.10. The monoisotopic (exact) mass is 348 g/mol. The van der Waals surface area contributed by atoms with Crippen molar-refractivity contribution in [1.82, 2.24) is 20.6 Å². The summed E-state index contributed by atoms with van der Waals surface area (Å²) in [5, 5.41) is 25.8. The van der Waals surface area contributed by atoms with Crippen molar-refractivity contribution in [3.63, 3.8) is 0 Å². The first-order valence-electron chi connectivity index (χ1n) is 7.69. The van der Waals surface area contributed by atoms with Gasteiger partial charge in [-0.05, 0) is 29.0 Å². The zero-order chi connectivity index (χ0) is 18.4. The number of H-pyrrole nitrogens is 1. The van der Waals surface area contributed by atoms with Gasteiger partial charge in [-0.15, -0.1) is 10.2 Å². The van der Waals surface area contributed by atoms with Crippen molar-refractivity contribution in [2.45, 2.75) is 0 Å². The number of anilines is 1. The number of aromatic nitrogens is 4. The Bertz CT molecular complexity index is 960. The molecule has 2 N–H and O–H groups in total. The summed E-state index contributed by atoms with van der Waals surface area (Å²) >= 11 is 0. The highest BCUT2D eigenvalue weighted by atomic mass is 16.5. The van der Waals surface area contributed by atoms with E-state index in [0.717, 1.165) is 16.8 Å². The molecule has 2 aromatic carbocycles. The lowest BCUT2D eigenvalue weighted by Gasteiger charge is -2.13. The third-order valence-corrected chi connectivity index (χ3v) is 3.70. The Morgan fingerprint density at radius 2 is 1.96 bits per heavy atom. The van der Waals surface area contributed by atoms with Gasteiger partial charge in [0.25, 0.3) is 0 Å². The van der Waals surface area contributed by atoms with Crippen LogP contribution in [0.25, 0.3) is 16.7 Å². The van der Waals surface area contributed by atoms with Gasteiger partial charge in [-0.3, -0.25) is 0 Å². The second kappa shape index (κ2) is 7.81. The predicted molar refractivity (Wildman–Crippen MR) is 96.4 cm³/mol. The van der Waals surface area contributed by atoms with E-state index in [0.29, 0.717) is 11.5 Å². The molecule has 0 aliphatic rings. The quantitative estimate of drug-likeness (QED) is 0.659. The molecule has 3 aromatic rings. The topological polar surface area (TPSA) is 109 Å². The van der Waals surface area contributed by atoms with E-state index in [1.165, 1.54) is 0 Å². The van der Waals surface area contributed by atoms with E-state index in [1.807, 2.05) is 48.5 Å². The molecular weight excluding hydrogens is 332 g/mol. The molecule has 8 heteroatoms. The Balaban J connectivity index is 1.95. The number of nitrogens with one attached hydrogen (secondary N) is 2. The fraction of sp³-hybridized carbons (Fsp3) is 0.111. The Morgan fingerprint density at radius 3 is 2.65 bits per heavy atom. The molecule has 0 amide bonds. The van der Waals surface area contributed by atoms with E-state index in [4.69, 9.17) is 9.47 Å². The van der Waals surface area contributed by atoms with Crippen LogP contribution in [0, 0.1) is 11.3 Å². The molecule has 0 saturated carbocycles. The Labute approximate surface area is 150 Å². The molecule has 1 aromatic heterocycles. The molecule has 26 heavy (non-hydrogen) atoms. The van der Waals surface area contributed by atoms with Gasteiger partial charge in [-0.1, -0.05) is 24.3 Å². The average molecular weight is 348 g/mol. The lowest BCUT2D eigenvalue weighted by atomic mass is 10.0. The van der Waals surface area contributed by atoms with E-state index in [-0.39, 0.29) is 11.4 Å². The number of nitriles is 1. The molecule has 0 atom stereocenters. The molecule has 8 nitrogen and oxygen atoms in total. The number of methoxy groups -OCH3 is 2. The second-order valence-corrected chi connectivity index (χ2v) is 5.16. The lowest BCUT2D eigenvalue weighted by molar-refractivity contribution is 0.355. The molecule has 0 saturated heterocycles. The zero-order valence-corrected chi connectivity index (χ0v) is 14.2. The maximum Gasteiger partial charge on any atom is 0.216 e. The minimum atomic E-state index is 0.226. The van der Waals surface area contributed by atoms with Crippen molar-refractivity contribution in [1.29, 1.82) is 5.26 Å². The predicted octanol–water partition coefficient (Wildman–Crippen LogP) is 2.86. The zero-order valence-electron chi connectivity index (χ0n) is 14.2. The van der Waals surface area contributed by atoms with Crippen LogP contribution in [0.15, 0.2) is 48.7 Å². The summed E-state index contributed by atoms with van der Waals surface area (Å²) < 4.78 is 10.7. The van der Waals surface area contributed by atoms with Crippen molar-refractivity contribution in [3.8, 4) is 28.7 Å². The summed E-state index contributed by atoms with van der Waals surface area (Å²) in [6.07, 6.45) is 1.55. The maximum absolute atomic E-state index is 9.28. The molecular formula is C18H16N6O2. The number of allylic oxidation sites excluding steroid dienone is 1. The van der Waals surface area contributed by atoms with Crippen molar-refractivity contribution in [2.24, 2.45) is 0 Å². The van der Waals surface area contributed by atoms with Gasteiger partial charge in [-0.25, -0.2) is 0 Å². The number of rotatable bonds is 6. The number of para-hydroxylation sites is 1. The van der Waals surface area contributed by atoms with Gasteiger partial charge in [0.05, 0.1) is 14.2 Å². The van der Waals surface area contributed by atoms with Gasteiger partial charge in [0.1, 0.15) is 11.6 Å².